The van der Waals surface area contributed by atoms with Crippen molar-refractivity contribution in [2.24, 2.45) is 0 Å². The lowest BCUT2D eigenvalue weighted by atomic mass is 10.2. The van der Waals surface area contributed by atoms with Gasteiger partial charge < -0.3 is 4.90 Å². The van der Waals surface area contributed by atoms with Crippen LogP contribution in [0.4, 0.5) is 0 Å². The smallest absolute Gasteiger partial charge is 0.257 e. The van der Waals surface area contributed by atoms with Gasteiger partial charge >= 0.3 is 0 Å². The Morgan fingerprint density at radius 3 is 2.33 bits per heavy atom. The summed E-state index contributed by atoms with van der Waals surface area (Å²) < 4.78 is 1.67. The molecule has 27 heavy (non-hydrogen) atoms. The van der Waals surface area contributed by atoms with Crippen LogP contribution >= 0.6 is 34.3 Å². The molecule has 3 heterocycles. The summed E-state index contributed by atoms with van der Waals surface area (Å²) in [6.45, 7) is 1.16. The number of carbonyl (C=O) groups is 1. The topological polar surface area (TPSA) is 38.1 Å². The fourth-order valence-corrected chi connectivity index (χ4v) is 4.38. The second kappa shape index (κ2) is 8.08. The van der Waals surface area contributed by atoms with E-state index in [4.69, 9.17) is 11.6 Å². The highest BCUT2D eigenvalue weighted by atomic mass is 35.5. The van der Waals surface area contributed by atoms with E-state index in [0.717, 1.165) is 15.4 Å². The van der Waals surface area contributed by atoms with Crippen molar-refractivity contribution in [3.05, 3.63) is 92.0 Å². The van der Waals surface area contributed by atoms with E-state index in [1.54, 1.807) is 39.7 Å². The van der Waals surface area contributed by atoms with Crippen LogP contribution in [0.2, 0.25) is 5.02 Å². The molecule has 7 heteroatoms. The Labute approximate surface area is 170 Å². The minimum absolute atomic E-state index is 0.0370. The summed E-state index contributed by atoms with van der Waals surface area (Å²) in [5, 5.41) is 9.03. The Morgan fingerprint density at radius 2 is 1.74 bits per heavy atom. The molecule has 4 rings (SSSR count). The molecule has 0 unspecified atom stereocenters. The van der Waals surface area contributed by atoms with Gasteiger partial charge in [0, 0.05) is 21.0 Å². The van der Waals surface area contributed by atoms with Gasteiger partial charge in [0.25, 0.3) is 5.91 Å². The summed E-state index contributed by atoms with van der Waals surface area (Å²) in [6.07, 6.45) is 3.36. The molecule has 0 bridgehead atoms. The first-order valence-electron chi connectivity index (χ1n) is 8.34. The Morgan fingerprint density at radius 1 is 1.04 bits per heavy atom. The first-order chi connectivity index (χ1) is 13.2. The second-order valence-corrected chi connectivity index (χ2v) is 8.47. The van der Waals surface area contributed by atoms with Crippen molar-refractivity contribution in [2.75, 3.05) is 0 Å². The van der Waals surface area contributed by atoms with Gasteiger partial charge in [0.05, 0.1) is 30.5 Å². The molecule has 1 aromatic carbocycles. The predicted molar refractivity (Wildman–Crippen MR) is 111 cm³/mol. The highest BCUT2D eigenvalue weighted by Crippen LogP contribution is 2.20. The van der Waals surface area contributed by atoms with Crippen LogP contribution in [0.15, 0.2) is 71.7 Å². The van der Waals surface area contributed by atoms with Gasteiger partial charge in [-0.15, -0.1) is 22.7 Å². The summed E-state index contributed by atoms with van der Waals surface area (Å²) in [5.74, 6) is -0.0370. The van der Waals surface area contributed by atoms with Crippen LogP contribution in [-0.2, 0) is 13.1 Å². The maximum Gasteiger partial charge on any atom is 0.257 e. The van der Waals surface area contributed by atoms with Gasteiger partial charge in [0.15, 0.2) is 0 Å². The Kier molecular flexibility index (Phi) is 5.38. The maximum atomic E-state index is 13.2. The minimum atomic E-state index is -0.0370. The lowest BCUT2D eigenvalue weighted by molar-refractivity contribution is 0.0733. The summed E-state index contributed by atoms with van der Waals surface area (Å²) in [4.78, 5) is 17.3. The van der Waals surface area contributed by atoms with Crippen molar-refractivity contribution in [1.82, 2.24) is 14.7 Å². The van der Waals surface area contributed by atoms with E-state index < -0.39 is 0 Å². The number of carbonyl (C=O) groups excluding carboxylic acids is 1. The zero-order chi connectivity index (χ0) is 18.6. The zero-order valence-electron chi connectivity index (χ0n) is 14.3. The molecule has 1 amide bonds. The molecule has 0 aliphatic heterocycles. The van der Waals surface area contributed by atoms with Crippen LogP contribution in [0.25, 0.3) is 5.69 Å². The van der Waals surface area contributed by atoms with Gasteiger partial charge in [-0.25, -0.2) is 4.68 Å². The summed E-state index contributed by atoms with van der Waals surface area (Å²) in [5.41, 5.74) is 1.38. The molecule has 0 spiro atoms. The van der Waals surface area contributed by atoms with Gasteiger partial charge in [-0.1, -0.05) is 29.8 Å². The van der Waals surface area contributed by atoms with E-state index in [9.17, 15) is 4.79 Å². The number of hydrogen-bond acceptors (Lipinski definition) is 4. The summed E-state index contributed by atoms with van der Waals surface area (Å²) in [6, 6.07) is 15.5. The van der Waals surface area contributed by atoms with E-state index >= 15 is 0 Å². The Hall–Kier alpha value is -2.41. The van der Waals surface area contributed by atoms with Crippen molar-refractivity contribution >= 4 is 40.2 Å². The van der Waals surface area contributed by atoms with Gasteiger partial charge in [0.1, 0.15) is 0 Å². The van der Waals surface area contributed by atoms with Crippen LogP contribution in [0.3, 0.4) is 0 Å². The third-order valence-corrected chi connectivity index (χ3v) is 6.00. The second-order valence-electron chi connectivity index (χ2n) is 5.97. The van der Waals surface area contributed by atoms with Crippen LogP contribution in [0, 0.1) is 0 Å². The molecule has 0 fully saturated rings. The summed E-state index contributed by atoms with van der Waals surface area (Å²) in [7, 11) is 0. The molecule has 0 saturated carbocycles. The highest BCUT2D eigenvalue weighted by molar-refractivity contribution is 7.10. The van der Waals surface area contributed by atoms with Crippen LogP contribution in [0.5, 0.6) is 0 Å². The summed E-state index contributed by atoms with van der Waals surface area (Å²) >= 11 is 9.37. The normalized spacial score (nSPS) is 10.9. The first kappa shape index (κ1) is 18.0. The molecule has 4 nitrogen and oxygen atoms in total. The lowest BCUT2D eigenvalue weighted by Gasteiger charge is -2.21. The number of halogens is 1. The van der Waals surface area contributed by atoms with E-state index in [0.29, 0.717) is 23.7 Å². The van der Waals surface area contributed by atoms with E-state index in [1.807, 2.05) is 52.1 Å². The number of hydrogen-bond donors (Lipinski definition) is 0. The largest absolute Gasteiger partial charge is 0.328 e. The molecule has 136 valence electrons. The molecule has 0 radical (unpaired) electrons. The van der Waals surface area contributed by atoms with Crippen molar-refractivity contribution in [1.29, 1.82) is 0 Å². The van der Waals surface area contributed by atoms with Gasteiger partial charge in [-0.05, 0) is 41.1 Å². The third-order valence-electron chi connectivity index (χ3n) is 4.04. The molecule has 0 atom stereocenters. The minimum Gasteiger partial charge on any atom is -0.328 e. The average molecular weight is 414 g/mol. The van der Waals surface area contributed by atoms with Crippen molar-refractivity contribution in [3.8, 4) is 5.69 Å². The fourth-order valence-electron chi connectivity index (χ4n) is 2.76. The van der Waals surface area contributed by atoms with Crippen LogP contribution in [-0.4, -0.2) is 20.6 Å². The van der Waals surface area contributed by atoms with Gasteiger partial charge in [-0.3, -0.25) is 4.79 Å². The van der Waals surface area contributed by atoms with E-state index in [1.165, 1.54) is 0 Å². The number of thiophene rings is 2. The number of aromatic nitrogens is 2. The number of rotatable bonds is 6. The fraction of sp³-hybridized carbons (Fsp3) is 0.100. The molecule has 0 saturated heterocycles. The van der Waals surface area contributed by atoms with Crippen molar-refractivity contribution in [3.63, 3.8) is 0 Å². The van der Waals surface area contributed by atoms with Crippen molar-refractivity contribution in [2.45, 2.75) is 13.1 Å². The van der Waals surface area contributed by atoms with Crippen LogP contribution in [0.1, 0.15) is 20.1 Å². The Bertz CT molecular complexity index is 989. The molecule has 0 aliphatic rings. The highest BCUT2D eigenvalue weighted by Gasteiger charge is 2.19. The molecular formula is C20H16ClN3OS2. The zero-order valence-corrected chi connectivity index (χ0v) is 16.7. The number of nitrogens with zero attached hydrogens (tertiary/aromatic N) is 3. The molecule has 0 N–H and O–H groups in total. The third kappa shape index (κ3) is 4.30. The number of benzene rings is 1. The maximum absolute atomic E-state index is 13.2. The van der Waals surface area contributed by atoms with E-state index in [2.05, 4.69) is 17.2 Å². The quantitative estimate of drug-likeness (QED) is 0.419. The lowest BCUT2D eigenvalue weighted by Crippen LogP contribution is -2.29. The van der Waals surface area contributed by atoms with Gasteiger partial charge in [-0.2, -0.15) is 5.10 Å². The predicted octanol–water partition coefficient (Wildman–Crippen LogP) is 5.49. The van der Waals surface area contributed by atoms with Crippen LogP contribution < -0.4 is 0 Å². The molecule has 4 aromatic rings. The van der Waals surface area contributed by atoms with Crippen molar-refractivity contribution < 1.29 is 4.79 Å². The average Bonchev–Trinajstić information content (AvgIpc) is 3.43. The first-order valence-corrected chi connectivity index (χ1v) is 10.5. The number of amides is 1. The molecule has 0 aliphatic carbocycles. The SMILES string of the molecule is O=C(c1cnn(-c2cccc(Cl)c2)c1)N(Cc1cccs1)Cc1cccs1. The molecule has 3 aromatic heterocycles. The standard InChI is InChI=1S/C20H16ClN3OS2/c21-16-4-1-5-17(10-16)24-12-15(11-22-24)20(25)23(13-18-6-2-8-26-18)14-19-7-3-9-27-19/h1-12H,13-14H2. The van der Waals surface area contributed by atoms with E-state index in [-0.39, 0.29) is 5.91 Å². The monoisotopic (exact) mass is 413 g/mol. The molecular weight excluding hydrogens is 398 g/mol. The van der Waals surface area contributed by atoms with Gasteiger partial charge in [0.2, 0.25) is 0 Å². The Balaban J connectivity index is 1.59.